The summed E-state index contributed by atoms with van der Waals surface area (Å²) in [6.45, 7) is 6.62. The Bertz CT molecular complexity index is 464. The molecular formula is C14H24N4O. The molecule has 1 aliphatic carbocycles. The summed E-state index contributed by atoms with van der Waals surface area (Å²) in [5, 5.41) is 10.7. The van der Waals surface area contributed by atoms with E-state index in [9.17, 15) is 4.79 Å². The maximum atomic E-state index is 12.3. The van der Waals surface area contributed by atoms with Crippen LogP contribution in [0.15, 0.2) is 6.20 Å². The molecule has 2 N–H and O–H groups in total. The van der Waals surface area contributed by atoms with Crippen LogP contribution in [-0.2, 0) is 18.3 Å². The highest BCUT2D eigenvalue weighted by atomic mass is 16.2. The minimum atomic E-state index is -0.533. The molecule has 106 valence electrons. The van der Waals surface area contributed by atoms with E-state index >= 15 is 0 Å². The van der Waals surface area contributed by atoms with Crippen LogP contribution in [0.25, 0.3) is 0 Å². The molecule has 1 aromatic rings. The maximum absolute atomic E-state index is 12.3. The van der Waals surface area contributed by atoms with Gasteiger partial charge in [0.2, 0.25) is 5.91 Å². The molecule has 19 heavy (non-hydrogen) atoms. The lowest BCUT2D eigenvalue weighted by Gasteiger charge is -2.30. The van der Waals surface area contributed by atoms with Crippen molar-refractivity contribution in [3.05, 3.63) is 17.5 Å². The maximum Gasteiger partial charge on any atom is 0.240 e. The number of aromatic nitrogens is 2. The number of carbonyl (C=O) groups is 1. The van der Waals surface area contributed by atoms with Crippen molar-refractivity contribution in [3.8, 4) is 0 Å². The molecule has 0 aromatic carbocycles. The molecule has 5 nitrogen and oxygen atoms in total. The molecule has 1 aromatic heterocycles. The first kappa shape index (κ1) is 14.1. The first-order chi connectivity index (χ1) is 8.95. The second-order valence-corrected chi connectivity index (χ2v) is 5.74. The average Bonchev–Trinajstić information content (AvgIpc) is 2.72. The van der Waals surface area contributed by atoms with Crippen LogP contribution in [0.5, 0.6) is 0 Å². The number of rotatable bonds is 4. The lowest BCUT2D eigenvalue weighted by molar-refractivity contribution is -0.127. The van der Waals surface area contributed by atoms with Gasteiger partial charge in [0.1, 0.15) is 0 Å². The van der Waals surface area contributed by atoms with Crippen molar-refractivity contribution < 1.29 is 4.79 Å². The van der Waals surface area contributed by atoms with E-state index in [1.807, 2.05) is 38.7 Å². The SMILES string of the molecule is CCNC(C)(C)C(=O)NC1CCCc2c1cnn2C. The van der Waals surface area contributed by atoms with Gasteiger partial charge in [-0.15, -0.1) is 0 Å². The Balaban J connectivity index is 2.11. The minimum absolute atomic E-state index is 0.0519. The second-order valence-electron chi connectivity index (χ2n) is 5.74. The summed E-state index contributed by atoms with van der Waals surface area (Å²) in [5.41, 5.74) is 1.89. The Labute approximate surface area is 114 Å². The van der Waals surface area contributed by atoms with E-state index in [1.165, 1.54) is 11.3 Å². The van der Waals surface area contributed by atoms with Gasteiger partial charge < -0.3 is 10.6 Å². The van der Waals surface area contributed by atoms with Gasteiger partial charge in [0, 0.05) is 18.3 Å². The molecule has 0 saturated carbocycles. The zero-order chi connectivity index (χ0) is 14.0. The van der Waals surface area contributed by atoms with Gasteiger partial charge in [-0.3, -0.25) is 9.48 Å². The van der Waals surface area contributed by atoms with Crippen LogP contribution >= 0.6 is 0 Å². The molecule has 0 spiro atoms. The van der Waals surface area contributed by atoms with E-state index in [-0.39, 0.29) is 11.9 Å². The van der Waals surface area contributed by atoms with E-state index in [2.05, 4.69) is 15.7 Å². The molecule has 2 rings (SSSR count). The number of amides is 1. The zero-order valence-electron chi connectivity index (χ0n) is 12.3. The Hall–Kier alpha value is -1.36. The molecule has 1 unspecified atom stereocenters. The number of nitrogens with one attached hydrogen (secondary N) is 2. The van der Waals surface area contributed by atoms with Crippen LogP contribution in [0.2, 0.25) is 0 Å². The summed E-state index contributed by atoms with van der Waals surface area (Å²) < 4.78 is 1.92. The van der Waals surface area contributed by atoms with Crippen molar-refractivity contribution >= 4 is 5.91 Å². The number of carbonyl (C=O) groups excluding carboxylic acids is 1. The van der Waals surface area contributed by atoms with Crippen LogP contribution < -0.4 is 10.6 Å². The van der Waals surface area contributed by atoms with Gasteiger partial charge in [0.25, 0.3) is 0 Å². The summed E-state index contributed by atoms with van der Waals surface area (Å²) in [7, 11) is 1.96. The summed E-state index contributed by atoms with van der Waals surface area (Å²) in [6.07, 6.45) is 5.03. The number of hydrogen-bond donors (Lipinski definition) is 2. The van der Waals surface area contributed by atoms with Crippen LogP contribution in [0.3, 0.4) is 0 Å². The topological polar surface area (TPSA) is 59.0 Å². The lowest BCUT2D eigenvalue weighted by atomic mass is 9.92. The summed E-state index contributed by atoms with van der Waals surface area (Å²) in [5.74, 6) is 0.0519. The first-order valence-corrected chi connectivity index (χ1v) is 7.02. The number of nitrogens with zero attached hydrogens (tertiary/aromatic N) is 2. The Morgan fingerprint density at radius 1 is 1.58 bits per heavy atom. The monoisotopic (exact) mass is 264 g/mol. The first-order valence-electron chi connectivity index (χ1n) is 7.02. The van der Waals surface area contributed by atoms with Crippen LogP contribution in [0.1, 0.15) is 50.9 Å². The molecule has 0 radical (unpaired) electrons. The highest BCUT2D eigenvalue weighted by molar-refractivity contribution is 5.85. The Kier molecular flexibility index (Phi) is 3.94. The van der Waals surface area contributed by atoms with E-state index < -0.39 is 5.54 Å². The van der Waals surface area contributed by atoms with Crippen molar-refractivity contribution in [2.45, 2.75) is 51.6 Å². The molecule has 0 aliphatic heterocycles. The molecule has 0 bridgehead atoms. The fraction of sp³-hybridized carbons (Fsp3) is 0.714. The fourth-order valence-corrected chi connectivity index (χ4v) is 2.72. The second kappa shape index (κ2) is 5.33. The predicted molar refractivity (Wildman–Crippen MR) is 74.8 cm³/mol. The van der Waals surface area contributed by atoms with Crippen molar-refractivity contribution in [1.82, 2.24) is 20.4 Å². The van der Waals surface area contributed by atoms with Gasteiger partial charge >= 0.3 is 0 Å². The van der Waals surface area contributed by atoms with E-state index in [0.717, 1.165) is 25.8 Å². The molecular weight excluding hydrogens is 240 g/mol. The van der Waals surface area contributed by atoms with Gasteiger partial charge in [-0.05, 0) is 39.7 Å². The smallest absolute Gasteiger partial charge is 0.240 e. The van der Waals surface area contributed by atoms with Crippen molar-refractivity contribution in [2.75, 3.05) is 6.54 Å². The molecule has 1 heterocycles. The normalized spacial score (nSPS) is 19.1. The molecule has 1 aliphatic rings. The summed E-state index contributed by atoms with van der Waals surface area (Å²) >= 11 is 0. The molecule has 5 heteroatoms. The third-order valence-corrected chi connectivity index (χ3v) is 3.87. The predicted octanol–water partition coefficient (Wildman–Crippen LogP) is 1.30. The largest absolute Gasteiger partial charge is 0.348 e. The van der Waals surface area contributed by atoms with Crippen LogP contribution in [-0.4, -0.2) is 27.8 Å². The third-order valence-electron chi connectivity index (χ3n) is 3.87. The average molecular weight is 264 g/mol. The van der Waals surface area contributed by atoms with Gasteiger partial charge in [-0.2, -0.15) is 5.10 Å². The van der Waals surface area contributed by atoms with Crippen molar-refractivity contribution in [2.24, 2.45) is 7.05 Å². The molecule has 1 amide bonds. The molecule has 0 fully saturated rings. The van der Waals surface area contributed by atoms with Gasteiger partial charge in [0.15, 0.2) is 0 Å². The van der Waals surface area contributed by atoms with Crippen molar-refractivity contribution in [1.29, 1.82) is 0 Å². The number of hydrogen-bond acceptors (Lipinski definition) is 3. The number of likely N-dealkylation sites (N-methyl/N-ethyl adjacent to an activating group) is 1. The highest BCUT2D eigenvalue weighted by Crippen LogP contribution is 2.29. The Morgan fingerprint density at radius 3 is 3.00 bits per heavy atom. The fourth-order valence-electron chi connectivity index (χ4n) is 2.72. The summed E-state index contributed by atoms with van der Waals surface area (Å²) in [4.78, 5) is 12.3. The van der Waals surface area contributed by atoms with E-state index in [0.29, 0.717) is 0 Å². The molecule has 1 atom stereocenters. The standard InChI is InChI=1S/C14H24N4O/c1-5-15-14(2,3)13(19)17-11-7-6-8-12-10(11)9-16-18(12)4/h9,11,15H,5-8H2,1-4H3,(H,17,19). The van der Waals surface area contributed by atoms with Gasteiger partial charge in [0.05, 0.1) is 17.8 Å². The zero-order valence-corrected chi connectivity index (χ0v) is 12.3. The number of fused-ring (bicyclic) bond motifs is 1. The quantitative estimate of drug-likeness (QED) is 0.862. The molecule has 0 saturated heterocycles. The van der Waals surface area contributed by atoms with E-state index in [4.69, 9.17) is 0 Å². The Morgan fingerprint density at radius 2 is 2.32 bits per heavy atom. The van der Waals surface area contributed by atoms with Crippen LogP contribution in [0, 0.1) is 0 Å². The number of aryl methyl sites for hydroxylation is 1. The minimum Gasteiger partial charge on any atom is -0.348 e. The third kappa shape index (κ3) is 2.81. The lowest BCUT2D eigenvalue weighted by Crippen LogP contribution is -2.53. The van der Waals surface area contributed by atoms with E-state index in [1.54, 1.807) is 0 Å². The van der Waals surface area contributed by atoms with Crippen molar-refractivity contribution in [3.63, 3.8) is 0 Å². The van der Waals surface area contributed by atoms with Crippen LogP contribution in [0.4, 0.5) is 0 Å². The summed E-state index contributed by atoms with van der Waals surface area (Å²) in [6, 6.07) is 0.0999. The van der Waals surface area contributed by atoms with Gasteiger partial charge in [-0.25, -0.2) is 0 Å². The van der Waals surface area contributed by atoms with Gasteiger partial charge in [-0.1, -0.05) is 6.92 Å². The highest BCUT2D eigenvalue weighted by Gasteiger charge is 2.31.